The summed E-state index contributed by atoms with van der Waals surface area (Å²) in [7, 11) is -2.96. The van der Waals surface area contributed by atoms with E-state index in [9.17, 15) is 0 Å². The molecule has 0 bridgehead atoms. The summed E-state index contributed by atoms with van der Waals surface area (Å²) >= 11 is 0. The van der Waals surface area contributed by atoms with Gasteiger partial charge in [0.2, 0.25) is 8.32 Å². The molecule has 1 aromatic rings. The molecule has 2 rings (SSSR count). The zero-order chi connectivity index (χ0) is 12.5. The largest absolute Gasteiger partial charge is 0.413 e. The second-order valence-electron chi connectivity index (χ2n) is 5.87. The van der Waals surface area contributed by atoms with E-state index in [1.165, 1.54) is 5.19 Å². The maximum atomic E-state index is 5.93. The van der Waals surface area contributed by atoms with Crippen LogP contribution >= 0.6 is 0 Å². The number of rotatable bonds is 2. The Morgan fingerprint density at radius 1 is 1.18 bits per heavy atom. The standard InChI is InChI=1S/C14H22OSi2/c1-16(2,13-8-6-5-7-9-13)12-14-10-11-15-17(14,3)4/h5-9,12H,10-11H2,1-4H3/b14-12+. The van der Waals surface area contributed by atoms with E-state index in [1.54, 1.807) is 5.20 Å². The first kappa shape index (κ1) is 12.8. The molecule has 0 radical (unpaired) electrons. The van der Waals surface area contributed by atoms with E-state index >= 15 is 0 Å². The van der Waals surface area contributed by atoms with Gasteiger partial charge in [-0.15, -0.1) is 0 Å². The van der Waals surface area contributed by atoms with Gasteiger partial charge >= 0.3 is 0 Å². The molecular weight excluding hydrogens is 240 g/mol. The van der Waals surface area contributed by atoms with Gasteiger partial charge in [-0.25, -0.2) is 0 Å². The van der Waals surface area contributed by atoms with Crippen molar-refractivity contribution in [1.82, 2.24) is 0 Å². The highest BCUT2D eigenvalue weighted by molar-refractivity contribution is 6.95. The maximum absolute atomic E-state index is 5.93. The average Bonchev–Trinajstić information content (AvgIpc) is 2.59. The van der Waals surface area contributed by atoms with Gasteiger partial charge in [-0.2, -0.15) is 0 Å². The fourth-order valence-electron chi connectivity index (χ4n) is 2.44. The van der Waals surface area contributed by atoms with Crippen molar-refractivity contribution in [2.45, 2.75) is 32.6 Å². The first-order valence-corrected chi connectivity index (χ1v) is 12.3. The maximum Gasteiger partial charge on any atom is 0.213 e. The zero-order valence-electron chi connectivity index (χ0n) is 11.3. The molecule has 92 valence electrons. The Balaban J connectivity index is 2.32. The minimum atomic E-state index is -1.52. The highest BCUT2D eigenvalue weighted by Crippen LogP contribution is 2.28. The van der Waals surface area contributed by atoms with Gasteiger partial charge in [-0.3, -0.25) is 0 Å². The van der Waals surface area contributed by atoms with Crippen LogP contribution in [0.25, 0.3) is 0 Å². The third-order valence-electron chi connectivity index (χ3n) is 3.66. The highest BCUT2D eigenvalue weighted by Gasteiger charge is 2.35. The monoisotopic (exact) mass is 262 g/mol. The van der Waals surface area contributed by atoms with Gasteiger partial charge in [-0.05, 0) is 19.5 Å². The molecule has 0 aliphatic carbocycles. The van der Waals surface area contributed by atoms with Crippen molar-refractivity contribution in [1.29, 1.82) is 0 Å². The molecule has 1 fully saturated rings. The molecule has 1 aromatic carbocycles. The summed E-state index contributed by atoms with van der Waals surface area (Å²) in [5, 5.41) is 3.14. The second-order valence-corrected chi connectivity index (χ2v) is 14.1. The lowest BCUT2D eigenvalue weighted by molar-refractivity contribution is 0.350. The highest BCUT2D eigenvalue weighted by atomic mass is 28.4. The molecule has 0 amide bonds. The smallest absolute Gasteiger partial charge is 0.213 e. The zero-order valence-corrected chi connectivity index (χ0v) is 13.3. The normalized spacial score (nSPS) is 22.0. The van der Waals surface area contributed by atoms with Crippen molar-refractivity contribution >= 4 is 21.6 Å². The molecule has 1 aliphatic rings. The Morgan fingerprint density at radius 2 is 1.82 bits per heavy atom. The molecule has 1 aliphatic heterocycles. The SMILES string of the molecule is C[Si]1(C)OCC/C1=C\[Si](C)(C)c1ccccc1. The van der Waals surface area contributed by atoms with Gasteiger partial charge in [0.05, 0.1) is 0 Å². The molecule has 0 unspecified atom stereocenters. The Kier molecular flexibility index (Phi) is 3.43. The third kappa shape index (κ3) is 2.79. The predicted molar refractivity (Wildman–Crippen MR) is 79.7 cm³/mol. The molecule has 0 aromatic heterocycles. The van der Waals surface area contributed by atoms with E-state index in [2.05, 4.69) is 62.2 Å². The molecule has 0 spiro atoms. The van der Waals surface area contributed by atoms with Gasteiger partial charge in [0.25, 0.3) is 0 Å². The molecule has 0 atom stereocenters. The lowest BCUT2D eigenvalue weighted by Gasteiger charge is -2.23. The van der Waals surface area contributed by atoms with Crippen molar-refractivity contribution < 1.29 is 4.43 Å². The van der Waals surface area contributed by atoms with Crippen LogP contribution in [0.5, 0.6) is 0 Å². The summed E-state index contributed by atoms with van der Waals surface area (Å²) in [5.74, 6) is 0. The Labute approximate surface area is 107 Å². The van der Waals surface area contributed by atoms with E-state index < -0.39 is 16.4 Å². The first-order valence-electron chi connectivity index (χ1n) is 6.33. The quantitative estimate of drug-likeness (QED) is 0.744. The summed E-state index contributed by atoms with van der Waals surface area (Å²) in [6.07, 6.45) is 1.16. The van der Waals surface area contributed by atoms with E-state index in [0.717, 1.165) is 13.0 Å². The second kappa shape index (κ2) is 4.55. The van der Waals surface area contributed by atoms with E-state index in [4.69, 9.17) is 4.43 Å². The van der Waals surface area contributed by atoms with Gasteiger partial charge in [0.1, 0.15) is 8.07 Å². The fourth-order valence-corrected chi connectivity index (χ4v) is 8.65. The van der Waals surface area contributed by atoms with Crippen LogP contribution in [0.1, 0.15) is 6.42 Å². The molecular formula is C14H22OSi2. The van der Waals surface area contributed by atoms with Crippen molar-refractivity contribution in [2.24, 2.45) is 0 Å². The Bertz CT molecular complexity index is 421. The van der Waals surface area contributed by atoms with Crippen molar-refractivity contribution in [3.63, 3.8) is 0 Å². The van der Waals surface area contributed by atoms with Crippen LogP contribution < -0.4 is 5.19 Å². The molecule has 0 N–H and O–H groups in total. The van der Waals surface area contributed by atoms with Crippen LogP contribution in [0.3, 0.4) is 0 Å². The third-order valence-corrected chi connectivity index (χ3v) is 9.71. The Hall–Kier alpha value is -0.646. The summed E-state index contributed by atoms with van der Waals surface area (Å²) in [6, 6.07) is 10.9. The summed E-state index contributed by atoms with van der Waals surface area (Å²) in [6.45, 7) is 10.4. The summed E-state index contributed by atoms with van der Waals surface area (Å²) in [4.78, 5) is 0. The van der Waals surface area contributed by atoms with Gasteiger partial charge in [0.15, 0.2) is 0 Å². The average molecular weight is 263 g/mol. The number of benzene rings is 1. The van der Waals surface area contributed by atoms with Crippen LogP contribution in [0.15, 0.2) is 41.2 Å². The van der Waals surface area contributed by atoms with E-state index in [1.807, 2.05) is 0 Å². The topological polar surface area (TPSA) is 9.23 Å². The van der Waals surface area contributed by atoms with Crippen LogP contribution in [0.4, 0.5) is 0 Å². The summed E-state index contributed by atoms with van der Waals surface area (Å²) in [5.41, 5.74) is 2.58. The van der Waals surface area contributed by atoms with Crippen LogP contribution in [0.2, 0.25) is 26.2 Å². The van der Waals surface area contributed by atoms with Crippen molar-refractivity contribution in [3.05, 3.63) is 41.2 Å². The Morgan fingerprint density at radius 3 is 2.35 bits per heavy atom. The van der Waals surface area contributed by atoms with Crippen LogP contribution in [-0.4, -0.2) is 23.0 Å². The lowest BCUT2D eigenvalue weighted by Crippen LogP contribution is -2.41. The predicted octanol–water partition coefficient (Wildman–Crippen LogP) is 3.23. The lowest BCUT2D eigenvalue weighted by atomic mass is 10.4. The van der Waals surface area contributed by atoms with Gasteiger partial charge < -0.3 is 4.43 Å². The van der Waals surface area contributed by atoms with E-state index in [0.29, 0.717) is 0 Å². The van der Waals surface area contributed by atoms with Crippen molar-refractivity contribution in [3.8, 4) is 0 Å². The molecule has 3 heteroatoms. The molecule has 17 heavy (non-hydrogen) atoms. The van der Waals surface area contributed by atoms with Crippen molar-refractivity contribution in [2.75, 3.05) is 6.61 Å². The first-order chi connectivity index (χ1) is 7.92. The van der Waals surface area contributed by atoms with E-state index in [-0.39, 0.29) is 0 Å². The van der Waals surface area contributed by atoms with Crippen LogP contribution in [-0.2, 0) is 4.43 Å². The fraction of sp³-hybridized carbons (Fsp3) is 0.429. The van der Waals surface area contributed by atoms with Gasteiger partial charge in [-0.1, -0.05) is 59.5 Å². The summed E-state index contributed by atoms with van der Waals surface area (Å²) < 4.78 is 5.93. The van der Waals surface area contributed by atoms with Crippen LogP contribution in [0, 0.1) is 0 Å². The minimum Gasteiger partial charge on any atom is -0.413 e. The molecule has 1 heterocycles. The molecule has 1 saturated heterocycles. The molecule has 1 nitrogen and oxygen atoms in total. The van der Waals surface area contributed by atoms with Gasteiger partial charge in [0, 0.05) is 6.61 Å². The molecule has 0 saturated carbocycles. The number of hydrogen-bond acceptors (Lipinski definition) is 1. The number of hydrogen-bond donors (Lipinski definition) is 0. The minimum absolute atomic E-state index is 0.935.